The molecule has 0 aromatic carbocycles. The molecule has 0 spiro atoms. The van der Waals surface area contributed by atoms with Gasteiger partial charge in [0.2, 0.25) is 5.28 Å². The van der Waals surface area contributed by atoms with Crippen LogP contribution in [0.1, 0.15) is 20.8 Å². The molecule has 8 heteroatoms. The topological polar surface area (TPSA) is 74.2 Å². The van der Waals surface area contributed by atoms with Crippen LogP contribution in [0.2, 0.25) is 5.28 Å². The summed E-state index contributed by atoms with van der Waals surface area (Å²) < 4.78 is 10.1. The van der Waals surface area contributed by atoms with Crippen LogP contribution < -0.4 is 4.74 Å². The first-order valence-corrected chi connectivity index (χ1v) is 6.74. The monoisotopic (exact) mass is 291 g/mol. The van der Waals surface area contributed by atoms with Crippen LogP contribution in [0.3, 0.4) is 0 Å². The van der Waals surface area contributed by atoms with E-state index in [2.05, 4.69) is 15.0 Å². The van der Waals surface area contributed by atoms with E-state index in [4.69, 9.17) is 21.1 Å². The molecular formula is C10H14ClN3O3S. The summed E-state index contributed by atoms with van der Waals surface area (Å²) in [5.41, 5.74) is 0. The number of halogens is 1. The number of carbonyl (C=O) groups excluding carboxylic acids is 1. The molecular weight excluding hydrogens is 278 g/mol. The summed E-state index contributed by atoms with van der Waals surface area (Å²) in [4.78, 5) is 22.9. The highest BCUT2D eigenvalue weighted by Gasteiger charge is 2.10. The van der Waals surface area contributed by atoms with E-state index in [0.717, 1.165) is 11.8 Å². The van der Waals surface area contributed by atoms with E-state index in [0.29, 0.717) is 11.8 Å². The zero-order valence-electron chi connectivity index (χ0n) is 10.3. The highest BCUT2D eigenvalue weighted by atomic mass is 35.5. The standard InChI is InChI=1S/C10H14ClN3O3S/c1-4-16-7(15)5-18-10-13-8(11)12-9(14-10)17-6(2)3/h6H,4-5H2,1-3H3. The SMILES string of the molecule is CCOC(=O)CSc1nc(Cl)nc(OC(C)C)n1. The Bertz CT molecular complexity index is 417. The minimum atomic E-state index is -0.328. The second kappa shape index (κ2) is 7.38. The van der Waals surface area contributed by atoms with Crippen LogP contribution in [0.5, 0.6) is 6.01 Å². The summed E-state index contributed by atoms with van der Waals surface area (Å²) in [5.74, 6) is -0.208. The number of rotatable bonds is 6. The third-order valence-corrected chi connectivity index (χ3v) is 2.52. The van der Waals surface area contributed by atoms with Gasteiger partial charge in [0.15, 0.2) is 5.16 Å². The molecule has 0 atom stereocenters. The first-order valence-electron chi connectivity index (χ1n) is 5.38. The molecule has 6 nitrogen and oxygen atoms in total. The summed E-state index contributed by atoms with van der Waals surface area (Å²) >= 11 is 6.86. The number of ether oxygens (including phenoxy) is 2. The van der Waals surface area contributed by atoms with Crippen molar-refractivity contribution in [2.24, 2.45) is 0 Å². The van der Waals surface area contributed by atoms with Gasteiger partial charge in [0.25, 0.3) is 0 Å². The Balaban J connectivity index is 2.65. The van der Waals surface area contributed by atoms with E-state index in [1.54, 1.807) is 6.92 Å². The fourth-order valence-corrected chi connectivity index (χ4v) is 1.80. The molecule has 0 bridgehead atoms. The summed E-state index contributed by atoms with van der Waals surface area (Å²) in [7, 11) is 0. The maximum absolute atomic E-state index is 11.2. The van der Waals surface area contributed by atoms with Gasteiger partial charge in [-0.3, -0.25) is 4.79 Å². The summed E-state index contributed by atoms with van der Waals surface area (Å²) in [6.07, 6.45) is -0.0635. The number of carbonyl (C=O) groups is 1. The largest absolute Gasteiger partial charge is 0.465 e. The van der Waals surface area contributed by atoms with Gasteiger partial charge in [-0.1, -0.05) is 11.8 Å². The maximum atomic E-state index is 11.2. The van der Waals surface area contributed by atoms with E-state index < -0.39 is 0 Å². The van der Waals surface area contributed by atoms with Crippen molar-refractivity contribution in [3.8, 4) is 6.01 Å². The Morgan fingerprint density at radius 1 is 1.39 bits per heavy atom. The van der Waals surface area contributed by atoms with Crippen LogP contribution in [0, 0.1) is 0 Å². The first kappa shape index (κ1) is 15.0. The molecule has 0 saturated carbocycles. The molecule has 0 aliphatic rings. The van der Waals surface area contributed by atoms with Crippen LogP contribution in [0.15, 0.2) is 5.16 Å². The van der Waals surface area contributed by atoms with Crippen molar-refractivity contribution in [1.82, 2.24) is 15.0 Å². The molecule has 0 saturated heterocycles. The van der Waals surface area contributed by atoms with Gasteiger partial charge >= 0.3 is 12.0 Å². The fraction of sp³-hybridized carbons (Fsp3) is 0.600. The third-order valence-electron chi connectivity index (χ3n) is 1.53. The normalized spacial score (nSPS) is 10.5. The Kier molecular flexibility index (Phi) is 6.14. The Labute approximate surface area is 114 Å². The van der Waals surface area contributed by atoms with Crippen molar-refractivity contribution >= 4 is 29.3 Å². The summed E-state index contributed by atoms with van der Waals surface area (Å²) in [5, 5.41) is 0.366. The molecule has 0 radical (unpaired) electrons. The molecule has 0 aliphatic heterocycles. The quantitative estimate of drug-likeness (QED) is 0.586. The Morgan fingerprint density at radius 3 is 2.72 bits per heavy atom. The number of hydrogen-bond acceptors (Lipinski definition) is 7. The number of nitrogens with zero attached hydrogens (tertiary/aromatic N) is 3. The highest BCUT2D eigenvalue weighted by molar-refractivity contribution is 7.99. The maximum Gasteiger partial charge on any atom is 0.321 e. The lowest BCUT2D eigenvalue weighted by Crippen LogP contribution is -2.10. The fourth-order valence-electron chi connectivity index (χ4n) is 0.969. The smallest absolute Gasteiger partial charge is 0.321 e. The lowest BCUT2D eigenvalue weighted by Gasteiger charge is -2.08. The van der Waals surface area contributed by atoms with Crippen molar-refractivity contribution in [2.45, 2.75) is 32.0 Å². The summed E-state index contributed by atoms with van der Waals surface area (Å²) in [6.45, 7) is 5.79. The molecule has 1 aromatic rings. The Hall–Kier alpha value is -1.08. The van der Waals surface area contributed by atoms with E-state index in [9.17, 15) is 4.79 Å². The van der Waals surface area contributed by atoms with Crippen LogP contribution in [0.25, 0.3) is 0 Å². The van der Waals surface area contributed by atoms with Gasteiger partial charge < -0.3 is 9.47 Å². The first-order chi connectivity index (χ1) is 8.51. The zero-order chi connectivity index (χ0) is 13.5. The van der Waals surface area contributed by atoms with Gasteiger partial charge in [0.05, 0.1) is 18.5 Å². The van der Waals surface area contributed by atoms with Crippen LogP contribution in [0.4, 0.5) is 0 Å². The van der Waals surface area contributed by atoms with Gasteiger partial charge in [-0.25, -0.2) is 0 Å². The van der Waals surface area contributed by atoms with Crippen LogP contribution in [-0.4, -0.2) is 39.4 Å². The minimum Gasteiger partial charge on any atom is -0.465 e. The zero-order valence-corrected chi connectivity index (χ0v) is 11.9. The average molecular weight is 292 g/mol. The van der Waals surface area contributed by atoms with Gasteiger partial charge in [0.1, 0.15) is 0 Å². The van der Waals surface area contributed by atoms with Gasteiger partial charge in [-0.15, -0.1) is 0 Å². The molecule has 0 fully saturated rings. The van der Waals surface area contributed by atoms with Crippen LogP contribution in [-0.2, 0) is 9.53 Å². The van der Waals surface area contributed by atoms with E-state index in [1.165, 1.54) is 0 Å². The number of aromatic nitrogens is 3. The van der Waals surface area contributed by atoms with Gasteiger partial charge in [-0.05, 0) is 32.4 Å². The van der Waals surface area contributed by atoms with Crippen molar-refractivity contribution < 1.29 is 14.3 Å². The molecule has 1 rings (SSSR count). The van der Waals surface area contributed by atoms with Gasteiger partial charge in [0, 0.05) is 0 Å². The predicted octanol–water partition coefficient (Wildman–Crippen LogP) is 1.97. The lowest BCUT2D eigenvalue weighted by atomic mass is 10.5. The van der Waals surface area contributed by atoms with Crippen molar-refractivity contribution in [3.63, 3.8) is 0 Å². The minimum absolute atomic E-state index is 0.0343. The number of thioether (sulfide) groups is 1. The average Bonchev–Trinajstić information content (AvgIpc) is 2.25. The molecule has 0 unspecified atom stereocenters. The highest BCUT2D eigenvalue weighted by Crippen LogP contribution is 2.18. The second-order valence-corrected chi connectivity index (χ2v) is 4.71. The van der Waals surface area contributed by atoms with Crippen molar-refractivity contribution in [2.75, 3.05) is 12.4 Å². The molecule has 1 heterocycles. The molecule has 100 valence electrons. The third kappa shape index (κ3) is 5.50. The molecule has 1 aromatic heterocycles. The molecule has 0 aliphatic carbocycles. The summed E-state index contributed by atoms with van der Waals surface area (Å²) in [6, 6.07) is 0.149. The molecule has 0 amide bonds. The molecule has 18 heavy (non-hydrogen) atoms. The van der Waals surface area contributed by atoms with E-state index in [-0.39, 0.29) is 29.1 Å². The Morgan fingerprint density at radius 2 is 2.11 bits per heavy atom. The van der Waals surface area contributed by atoms with E-state index >= 15 is 0 Å². The van der Waals surface area contributed by atoms with Crippen molar-refractivity contribution in [3.05, 3.63) is 5.28 Å². The van der Waals surface area contributed by atoms with Crippen molar-refractivity contribution in [1.29, 1.82) is 0 Å². The number of hydrogen-bond donors (Lipinski definition) is 0. The lowest BCUT2D eigenvalue weighted by molar-refractivity contribution is -0.139. The van der Waals surface area contributed by atoms with E-state index in [1.807, 2.05) is 13.8 Å². The van der Waals surface area contributed by atoms with Gasteiger partial charge in [-0.2, -0.15) is 15.0 Å². The van der Waals surface area contributed by atoms with Crippen LogP contribution >= 0.6 is 23.4 Å². The second-order valence-electron chi connectivity index (χ2n) is 3.43. The molecule has 0 N–H and O–H groups in total. The predicted molar refractivity (Wildman–Crippen MR) is 68.0 cm³/mol. The number of esters is 1.